The van der Waals surface area contributed by atoms with Crippen LogP contribution in [0, 0.1) is 0 Å². The van der Waals surface area contributed by atoms with Crippen LogP contribution < -0.4 is 0 Å². The number of halogens is 1. The first-order valence-corrected chi connectivity index (χ1v) is 7.11. The third-order valence-electron chi connectivity index (χ3n) is 2.38. The van der Waals surface area contributed by atoms with Crippen LogP contribution >= 0.6 is 15.9 Å². The van der Waals surface area contributed by atoms with Gasteiger partial charge in [-0.1, -0.05) is 28.1 Å². The topological polar surface area (TPSA) is 27.7 Å². The maximum absolute atomic E-state index is 5.61. The van der Waals surface area contributed by atoms with E-state index in [0.29, 0.717) is 26.4 Å². The summed E-state index contributed by atoms with van der Waals surface area (Å²) in [5.41, 5.74) is 1.17. The second kappa shape index (κ2) is 9.50. The zero-order chi connectivity index (χ0) is 13.2. The monoisotopic (exact) mass is 316 g/mol. The van der Waals surface area contributed by atoms with Gasteiger partial charge in [0.15, 0.2) is 6.29 Å². The molecule has 0 spiro atoms. The van der Waals surface area contributed by atoms with E-state index >= 15 is 0 Å². The first-order valence-electron chi connectivity index (χ1n) is 6.31. The lowest BCUT2D eigenvalue weighted by molar-refractivity contribution is -0.147. The Labute approximate surface area is 118 Å². The van der Waals surface area contributed by atoms with Crippen molar-refractivity contribution in [3.63, 3.8) is 0 Å². The van der Waals surface area contributed by atoms with Crippen LogP contribution in [-0.4, -0.2) is 26.1 Å². The molecule has 0 aliphatic heterocycles. The molecule has 0 saturated heterocycles. The predicted octanol–water partition coefficient (Wildman–Crippen LogP) is 3.75. The van der Waals surface area contributed by atoms with Gasteiger partial charge in [-0.25, -0.2) is 0 Å². The van der Waals surface area contributed by atoms with E-state index < -0.39 is 0 Å². The molecule has 0 aliphatic carbocycles. The molecule has 0 radical (unpaired) electrons. The lowest BCUT2D eigenvalue weighted by Crippen LogP contribution is -2.19. The summed E-state index contributed by atoms with van der Waals surface area (Å²) in [7, 11) is 0. The quantitative estimate of drug-likeness (QED) is 0.513. The molecule has 4 heteroatoms. The molecule has 102 valence electrons. The zero-order valence-corrected chi connectivity index (χ0v) is 12.6. The van der Waals surface area contributed by atoms with Crippen LogP contribution in [0.25, 0.3) is 0 Å². The first kappa shape index (κ1) is 15.6. The van der Waals surface area contributed by atoms with Crippen LogP contribution in [0.1, 0.15) is 25.8 Å². The molecule has 3 nitrogen and oxygen atoms in total. The number of rotatable bonds is 9. The lowest BCUT2D eigenvalue weighted by Gasteiger charge is -2.16. The highest BCUT2D eigenvalue weighted by Gasteiger charge is 2.07. The van der Waals surface area contributed by atoms with Gasteiger partial charge in [-0.3, -0.25) is 0 Å². The molecular weight excluding hydrogens is 296 g/mol. The van der Waals surface area contributed by atoms with Crippen LogP contribution in [0.4, 0.5) is 0 Å². The number of ether oxygens (including phenoxy) is 3. The maximum Gasteiger partial charge on any atom is 0.159 e. The Morgan fingerprint density at radius 2 is 1.67 bits per heavy atom. The minimum Gasteiger partial charge on any atom is -0.377 e. The minimum absolute atomic E-state index is 0.148. The summed E-state index contributed by atoms with van der Waals surface area (Å²) >= 11 is 3.41. The van der Waals surface area contributed by atoms with Gasteiger partial charge in [0.2, 0.25) is 0 Å². The molecule has 0 aromatic heterocycles. The van der Waals surface area contributed by atoms with Crippen LogP contribution in [0.15, 0.2) is 28.7 Å². The van der Waals surface area contributed by atoms with E-state index in [4.69, 9.17) is 14.2 Å². The highest BCUT2D eigenvalue weighted by atomic mass is 79.9. The Bertz CT molecular complexity index is 307. The molecule has 1 aromatic carbocycles. The summed E-state index contributed by atoms with van der Waals surface area (Å²) in [5, 5.41) is 0. The number of hydrogen-bond donors (Lipinski definition) is 0. The second-order valence-electron chi connectivity index (χ2n) is 3.81. The molecule has 0 bridgehead atoms. The first-order chi connectivity index (χ1) is 8.76. The van der Waals surface area contributed by atoms with Crippen LogP contribution in [0.5, 0.6) is 0 Å². The molecule has 18 heavy (non-hydrogen) atoms. The molecule has 0 atom stereocenters. The van der Waals surface area contributed by atoms with Crippen molar-refractivity contribution in [2.75, 3.05) is 19.8 Å². The smallest absolute Gasteiger partial charge is 0.159 e. The molecule has 0 N–H and O–H groups in total. The average Bonchev–Trinajstić information content (AvgIpc) is 2.37. The molecule has 0 unspecified atom stereocenters. The molecule has 1 rings (SSSR count). The van der Waals surface area contributed by atoms with Gasteiger partial charge in [-0.05, 0) is 31.5 Å². The number of benzene rings is 1. The lowest BCUT2D eigenvalue weighted by atomic mass is 10.2. The molecule has 0 amide bonds. The summed E-state index contributed by atoms with van der Waals surface area (Å²) in [6, 6.07) is 8.13. The summed E-state index contributed by atoms with van der Waals surface area (Å²) in [6.07, 6.45) is 0.614. The molecule has 0 heterocycles. The molecule has 0 fully saturated rings. The van der Waals surface area contributed by atoms with E-state index in [-0.39, 0.29) is 6.29 Å². The van der Waals surface area contributed by atoms with Crippen LogP contribution in [-0.2, 0) is 20.8 Å². The molecule has 0 aliphatic rings. The van der Waals surface area contributed by atoms with E-state index in [9.17, 15) is 0 Å². The van der Waals surface area contributed by atoms with Crippen molar-refractivity contribution in [1.82, 2.24) is 0 Å². The summed E-state index contributed by atoms with van der Waals surface area (Å²) in [4.78, 5) is 0. The van der Waals surface area contributed by atoms with E-state index in [1.54, 1.807) is 0 Å². The SMILES string of the molecule is CCOC(CCOCc1ccc(Br)cc1)OCC. The second-order valence-corrected chi connectivity index (χ2v) is 4.72. The third kappa shape index (κ3) is 6.50. The summed E-state index contributed by atoms with van der Waals surface area (Å²) in [6.45, 7) is 6.52. The van der Waals surface area contributed by atoms with Gasteiger partial charge in [0.05, 0.1) is 13.2 Å². The Morgan fingerprint density at radius 3 is 2.22 bits per heavy atom. The van der Waals surface area contributed by atoms with Crippen molar-refractivity contribution in [1.29, 1.82) is 0 Å². The van der Waals surface area contributed by atoms with Gasteiger partial charge in [0.1, 0.15) is 0 Å². The van der Waals surface area contributed by atoms with Gasteiger partial charge in [0, 0.05) is 24.1 Å². The van der Waals surface area contributed by atoms with E-state index in [1.165, 1.54) is 5.56 Å². The molecular formula is C14H21BrO3. The Kier molecular flexibility index (Phi) is 8.25. The summed E-state index contributed by atoms with van der Waals surface area (Å²) < 4.78 is 17.6. The standard InChI is InChI=1S/C14H21BrO3/c1-3-17-14(18-4-2)9-10-16-11-12-5-7-13(15)8-6-12/h5-8,14H,3-4,9-11H2,1-2H3. The highest BCUT2D eigenvalue weighted by Crippen LogP contribution is 2.11. The normalized spacial score (nSPS) is 11.1. The zero-order valence-electron chi connectivity index (χ0n) is 11.0. The van der Waals surface area contributed by atoms with Crippen molar-refractivity contribution in [2.45, 2.75) is 33.2 Å². The van der Waals surface area contributed by atoms with Gasteiger partial charge < -0.3 is 14.2 Å². The fraction of sp³-hybridized carbons (Fsp3) is 0.571. The molecule has 1 aromatic rings. The highest BCUT2D eigenvalue weighted by molar-refractivity contribution is 9.10. The fourth-order valence-electron chi connectivity index (χ4n) is 1.54. The largest absolute Gasteiger partial charge is 0.377 e. The number of hydrogen-bond acceptors (Lipinski definition) is 3. The van der Waals surface area contributed by atoms with E-state index in [1.807, 2.05) is 38.1 Å². The average molecular weight is 317 g/mol. The Morgan fingerprint density at radius 1 is 1.06 bits per heavy atom. The van der Waals surface area contributed by atoms with Gasteiger partial charge in [0.25, 0.3) is 0 Å². The van der Waals surface area contributed by atoms with E-state index in [0.717, 1.165) is 10.9 Å². The van der Waals surface area contributed by atoms with Crippen LogP contribution in [0.3, 0.4) is 0 Å². The third-order valence-corrected chi connectivity index (χ3v) is 2.91. The van der Waals surface area contributed by atoms with Crippen molar-refractivity contribution in [2.24, 2.45) is 0 Å². The van der Waals surface area contributed by atoms with Gasteiger partial charge >= 0.3 is 0 Å². The minimum atomic E-state index is -0.148. The maximum atomic E-state index is 5.61. The fourth-order valence-corrected chi connectivity index (χ4v) is 1.80. The van der Waals surface area contributed by atoms with Crippen LogP contribution in [0.2, 0.25) is 0 Å². The predicted molar refractivity (Wildman–Crippen MR) is 75.5 cm³/mol. The molecule has 0 saturated carbocycles. The Hall–Kier alpha value is -0.420. The van der Waals surface area contributed by atoms with Crippen molar-refractivity contribution in [3.8, 4) is 0 Å². The van der Waals surface area contributed by atoms with E-state index in [2.05, 4.69) is 15.9 Å². The van der Waals surface area contributed by atoms with Gasteiger partial charge in [-0.2, -0.15) is 0 Å². The van der Waals surface area contributed by atoms with Crippen molar-refractivity contribution < 1.29 is 14.2 Å². The van der Waals surface area contributed by atoms with Crippen molar-refractivity contribution >= 4 is 15.9 Å². The summed E-state index contributed by atoms with van der Waals surface area (Å²) in [5.74, 6) is 0. The Balaban J connectivity index is 2.18. The van der Waals surface area contributed by atoms with Crippen molar-refractivity contribution in [3.05, 3.63) is 34.3 Å². The van der Waals surface area contributed by atoms with Gasteiger partial charge in [-0.15, -0.1) is 0 Å².